The van der Waals surface area contributed by atoms with Gasteiger partial charge in [0.05, 0.1) is 6.07 Å². The van der Waals surface area contributed by atoms with Gasteiger partial charge >= 0.3 is 0 Å². The molecule has 0 N–H and O–H groups in total. The molecule has 0 aromatic carbocycles. The molecule has 0 aromatic heterocycles. The Balaban J connectivity index is 3.62. The molecule has 1 amide bonds. The minimum atomic E-state index is -0.177. The third-order valence-corrected chi connectivity index (χ3v) is 1.00. The number of ether oxygens (including phenoxy) is 1. The second-order valence-electron chi connectivity index (χ2n) is 1.84. The summed E-state index contributed by atoms with van der Waals surface area (Å²) in [7, 11) is 3.00. The van der Waals surface area contributed by atoms with Crippen molar-refractivity contribution in [1.82, 2.24) is 4.90 Å². The van der Waals surface area contributed by atoms with Crippen LogP contribution >= 0.6 is 0 Å². The number of hydrogen-bond donors (Lipinski definition) is 0. The van der Waals surface area contributed by atoms with E-state index in [4.69, 9.17) is 5.26 Å². The van der Waals surface area contributed by atoms with E-state index in [1.165, 1.54) is 12.0 Å². The second kappa shape index (κ2) is 4.77. The molecule has 0 rings (SSSR count). The summed E-state index contributed by atoms with van der Waals surface area (Å²) in [6.45, 7) is 0.153. The minimum Gasteiger partial charge on any atom is -0.375 e. The lowest BCUT2D eigenvalue weighted by atomic mass is 10.5. The van der Waals surface area contributed by atoms with Gasteiger partial charge in [-0.15, -0.1) is 0 Å². The molecule has 0 heterocycles. The molecule has 4 heteroatoms. The molecule has 0 atom stereocenters. The summed E-state index contributed by atoms with van der Waals surface area (Å²) >= 11 is 0. The third kappa shape index (κ3) is 3.05. The number of methoxy groups -OCH3 is 1. The lowest BCUT2D eigenvalue weighted by Crippen LogP contribution is -2.30. The van der Waals surface area contributed by atoms with E-state index in [-0.39, 0.29) is 19.1 Å². The first-order chi connectivity index (χ1) is 4.72. The number of likely N-dealkylation sites (N-methyl/N-ethyl adjacent to an activating group) is 1. The molecule has 0 saturated carbocycles. The molecule has 0 saturated heterocycles. The quantitative estimate of drug-likeness (QED) is 0.504. The Morgan fingerprint density at radius 2 is 2.40 bits per heavy atom. The maximum absolute atomic E-state index is 10.8. The lowest BCUT2D eigenvalue weighted by molar-refractivity contribution is -0.133. The predicted molar refractivity (Wildman–Crippen MR) is 35.1 cm³/mol. The predicted octanol–water partition coefficient (Wildman–Crippen LogP) is -0.385. The number of amides is 1. The summed E-state index contributed by atoms with van der Waals surface area (Å²) in [5, 5.41) is 8.17. The maximum Gasteiger partial charge on any atom is 0.249 e. The van der Waals surface area contributed by atoms with Crippen molar-refractivity contribution in [3.63, 3.8) is 0 Å². The highest BCUT2D eigenvalue weighted by Crippen LogP contribution is 1.82. The van der Waals surface area contributed by atoms with Gasteiger partial charge in [0.15, 0.2) is 0 Å². The van der Waals surface area contributed by atoms with Gasteiger partial charge < -0.3 is 9.64 Å². The summed E-state index contributed by atoms with van der Waals surface area (Å²) in [5.41, 5.74) is 0. The Kier molecular flexibility index (Phi) is 4.25. The number of nitriles is 1. The van der Waals surface area contributed by atoms with Gasteiger partial charge in [0.25, 0.3) is 0 Å². The van der Waals surface area contributed by atoms with Gasteiger partial charge in [-0.3, -0.25) is 4.79 Å². The molecule has 0 aliphatic heterocycles. The van der Waals surface area contributed by atoms with Gasteiger partial charge in [-0.05, 0) is 0 Å². The fourth-order valence-electron chi connectivity index (χ4n) is 0.428. The SMILES string of the molecule is COCC(=O)N(C)CC#N. The zero-order chi connectivity index (χ0) is 7.98. The van der Waals surface area contributed by atoms with Crippen molar-refractivity contribution in [3.8, 4) is 6.07 Å². The van der Waals surface area contributed by atoms with E-state index in [2.05, 4.69) is 4.74 Å². The highest BCUT2D eigenvalue weighted by molar-refractivity contribution is 5.77. The van der Waals surface area contributed by atoms with E-state index in [0.29, 0.717) is 0 Å². The zero-order valence-electron chi connectivity index (χ0n) is 6.13. The summed E-state index contributed by atoms with van der Waals surface area (Å²) in [6.07, 6.45) is 0. The van der Waals surface area contributed by atoms with Crippen LogP contribution in [0.3, 0.4) is 0 Å². The van der Waals surface area contributed by atoms with E-state index >= 15 is 0 Å². The molecule has 0 unspecified atom stereocenters. The highest BCUT2D eigenvalue weighted by atomic mass is 16.5. The van der Waals surface area contributed by atoms with Gasteiger partial charge in [-0.1, -0.05) is 0 Å². The van der Waals surface area contributed by atoms with Crippen LogP contribution in [0.2, 0.25) is 0 Å². The Hall–Kier alpha value is -1.08. The molecule has 0 bridgehead atoms. The van der Waals surface area contributed by atoms with E-state index in [9.17, 15) is 4.79 Å². The number of hydrogen-bond acceptors (Lipinski definition) is 3. The van der Waals surface area contributed by atoms with Crippen LogP contribution in [0.5, 0.6) is 0 Å². The van der Waals surface area contributed by atoms with Crippen LogP contribution in [0.15, 0.2) is 0 Å². The molecule has 0 spiro atoms. The average Bonchev–Trinajstić information content (AvgIpc) is 1.89. The summed E-state index contributed by atoms with van der Waals surface area (Å²) in [4.78, 5) is 12.1. The number of carbonyl (C=O) groups is 1. The molecular weight excluding hydrogens is 132 g/mol. The Labute approximate surface area is 60.0 Å². The molecule has 10 heavy (non-hydrogen) atoms. The van der Waals surface area contributed by atoms with Crippen LogP contribution in [0.25, 0.3) is 0 Å². The summed E-state index contributed by atoms with van der Waals surface area (Å²) in [6, 6.07) is 1.86. The smallest absolute Gasteiger partial charge is 0.249 e. The molecule has 0 radical (unpaired) electrons. The Morgan fingerprint density at radius 1 is 1.80 bits per heavy atom. The largest absolute Gasteiger partial charge is 0.375 e. The van der Waals surface area contributed by atoms with Crippen molar-refractivity contribution < 1.29 is 9.53 Å². The number of carbonyl (C=O) groups excluding carboxylic acids is 1. The summed E-state index contributed by atoms with van der Waals surface area (Å²) < 4.78 is 4.57. The van der Waals surface area contributed by atoms with Crippen LogP contribution in [0.1, 0.15) is 0 Å². The van der Waals surface area contributed by atoms with Crippen molar-refractivity contribution in [1.29, 1.82) is 5.26 Å². The fourth-order valence-corrected chi connectivity index (χ4v) is 0.428. The van der Waals surface area contributed by atoms with Crippen molar-refractivity contribution in [2.75, 3.05) is 27.3 Å². The highest BCUT2D eigenvalue weighted by Gasteiger charge is 2.05. The van der Waals surface area contributed by atoms with Crippen molar-refractivity contribution in [2.45, 2.75) is 0 Å². The van der Waals surface area contributed by atoms with Crippen molar-refractivity contribution >= 4 is 5.91 Å². The maximum atomic E-state index is 10.8. The Morgan fingerprint density at radius 3 is 2.80 bits per heavy atom. The van der Waals surface area contributed by atoms with Crippen molar-refractivity contribution in [3.05, 3.63) is 0 Å². The first-order valence-electron chi connectivity index (χ1n) is 2.82. The monoisotopic (exact) mass is 142 g/mol. The van der Waals surface area contributed by atoms with Crippen LogP contribution in [0, 0.1) is 11.3 Å². The van der Waals surface area contributed by atoms with E-state index in [0.717, 1.165) is 0 Å². The van der Waals surface area contributed by atoms with E-state index in [1.54, 1.807) is 7.05 Å². The number of rotatable bonds is 3. The van der Waals surface area contributed by atoms with Crippen LogP contribution in [-0.4, -0.2) is 38.1 Å². The van der Waals surface area contributed by atoms with E-state index < -0.39 is 0 Å². The number of nitrogens with zero attached hydrogens (tertiary/aromatic N) is 2. The fraction of sp³-hybridized carbons (Fsp3) is 0.667. The lowest BCUT2D eigenvalue weighted by Gasteiger charge is -2.10. The first kappa shape index (κ1) is 8.92. The standard InChI is InChI=1S/C6H10N2O2/c1-8(4-3-7)6(9)5-10-2/h4-5H2,1-2H3. The molecule has 0 fully saturated rings. The van der Waals surface area contributed by atoms with Crippen molar-refractivity contribution in [2.24, 2.45) is 0 Å². The second-order valence-corrected chi connectivity index (χ2v) is 1.84. The normalized spacial score (nSPS) is 8.50. The van der Waals surface area contributed by atoms with E-state index in [1.807, 2.05) is 6.07 Å². The minimum absolute atomic E-state index is 0.0399. The Bertz CT molecular complexity index is 150. The molecule has 0 aliphatic rings. The van der Waals surface area contributed by atoms with Gasteiger partial charge in [0.2, 0.25) is 5.91 Å². The van der Waals surface area contributed by atoms with Crippen LogP contribution in [0.4, 0.5) is 0 Å². The third-order valence-electron chi connectivity index (χ3n) is 1.00. The molecule has 0 aliphatic carbocycles. The first-order valence-corrected chi connectivity index (χ1v) is 2.82. The zero-order valence-corrected chi connectivity index (χ0v) is 6.13. The molecule has 56 valence electrons. The topological polar surface area (TPSA) is 53.3 Å². The van der Waals surface area contributed by atoms with Crippen LogP contribution in [-0.2, 0) is 9.53 Å². The molecular formula is C6H10N2O2. The van der Waals surface area contributed by atoms with Gasteiger partial charge in [-0.2, -0.15) is 5.26 Å². The van der Waals surface area contributed by atoms with Gasteiger partial charge in [0.1, 0.15) is 13.2 Å². The summed E-state index contributed by atoms with van der Waals surface area (Å²) in [5.74, 6) is -0.177. The molecule has 4 nitrogen and oxygen atoms in total. The van der Waals surface area contributed by atoms with Gasteiger partial charge in [0, 0.05) is 14.2 Å². The average molecular weight is 142 g/mol. The molecule has 0 aromatic rings. The van der Waals surface area contributed by atoms with Gasteiger partial charge in [-0.25, -0.2) is 0 Å². The van der Waals surface area contributed by atoms with Crippen LogP contribution < -0.4 is 0 Å².